The Balaban J connectivity index is 1.19. The number of likely N-dealkylation sites (tertiary alicyclic amines) is 1. The number of hydrogen-bond donors (Lipinski definition) is 0. The number of amides is 1. The summed E-state index contributed by atoms with van der Waals surface area (Å²) in [4.78, 5) is 15.5. The van der Waals surface area contributed by atoms with Gasteiger partial charge in [-0.3, -0.25) is 4.79 Å². The number of nitrogens with zero attached hydrogens (tertiary/aromatic N) is 2. The highest BCUT2D eigenvalue weighted by molar-refractivity contribution is 7.89. The zero-order valence-electron chi connectivity index (χ0n) is 18.0. The molecule has 3 aliphatic heterocycles. The molecule has 0 bridgehead atoms. The van der Waals surface area contributed by atoms with Gasteiger partial charge in [-0.25, -0.2) is 8.42 Å². The molecule has 8 heteroatoms. The summed E-state index contributed by atoms with van der Waals surface area (Å²) in [5, 5.41) is 0. The Kier molecular flexibility index (Phi) is 6.07. The van der Waals surface area contributed by atoms with E-state index in [0.717, 1.165) is 38.6 Å². The third kappa shape index (κ3) is 4.27. The molecule has 0 N–H and O–H groups in total. The van der Waals surface area contributed by atoms with Crippen molar-refractivity contribution in [1.29, 1.82) is 0 Å². The fraction of sp³-hybridized carbons (Fsp3) is 0.696. The van der Waals surface area contributed by atoms with Gasteiger partial charge < -0.3 is 14.4 Å². The van der Waals surface area contributed by atoms with Gasteiger partial charge in [-0.15, -0.1) is 0 Å². The largest absolute Gasteiger partial charge is 0.350 e. The molecule has 1 aromatic rings. The Bertz CT molecular complexity index is 920. The Morgan fingerprint density at radius 2 is 1.68 bits per heavy atom. The van der Waals surface area contributed by atoms with Crippen molar-refractivity contribution < 1.29 is 22.7 Å². The number of rotatable bonds is 4. The second-order valence-electron chi connectivity index (χ2n) is 9.26. The van der Waals surface area contributed by atoms with Gasteiger partial charge in [-0.2, -0.15) is 4.31 Å². The molecule has 1 amide bonds. The second-order valence-corrected chi connectivity index (χ2v) is 11.2. The van der Waals surface area contributed by atoms with E-state index in [1.165, 1.54) is 11.1 Å². The SMILES string of the molecule is O=C(C1CCN(S(=O)(=O)c2ccc3c(c2)CCC3)CC1)N1CCCC(C2OCCO2)C1. The molecular weight excluding hydrogens is 416 g/mol. The lowest BCUT2D eigenvalue weighted by molar-refractivity contribution is -0.144. The summed E-state index contributed by atoms with van der Waals surface area (Å²) in [7, 11) is -3.50. The summed E-state index contributed by atoms with van der Waals surface area (Å²) < 4.78 is 39.2. The molecule has 3 fully saturated rings. The molecule has 1 aromatic carbocycles. The van der Waals surface area contributed by atoms with Crippen LogP contribution < -0.4 is 0 Å². The van der Waals surface area contributed by atoms with E-state index in [1.807, 2.05) is 17.0 Å². The molecule has 7 nitrogen and oxygen atoms in total. The molecule has 5 rings (SSSR count). The molecular formula is C23H32N2O5S. The van der Waals surface area contributed by atoms with Crippen LogP contribution in [0.3, 0.4) is 0 Å². The van der Waals surface area contributed by atoms with Crippen LogP contribution in [0.1, 0.15) is 43.2 Å². The predicted octanol–water partition coefficient (Wildman–Crippen LogP) is 2.19. The van der Waals surface area contributed by atoms with Crippen molar-refractivity contribution in [3.8, 4) is 0 Å². The van der Waals surface area contributed by atoms with Crippen molar-refractivity contribution in [2.45, 2.75) is 56.1 Å². The Hall–Kier alpha value is -1.48. The number of sulfonamides is 1. The summed E-state index contributed by atoms with van der Waals surface area (Å²) in [6, 6.07) is 5.57. The van der Waals surface area contributed by atoms with E-state index in [-0.39, 0.29) is 24.0 Å². The van der Waals surface area contributed by atoms with Crippen LogP contribution in [-0.2, 0) is 37.1 Å². The second kappa shape index (κ2) is 8.81. The van der Waals surface area contributed by atoms with E-state index < -0.39 is 10.0 Å². The first-order chi connectivity index (χ1) is 15.0. The monoisotopic (exact) mass is 448 g/mol. The summed E-state index contributed by atoms with van der Waals surface area (Å²) in [5.74, 6) is 0.299. The molecule has 3 heterocycles. The van der Waals surface area contributed by atoms with E-state index in [2.05, 4.69) is 0 Å². The van der Waals surface area contributed by atoms with Crippen LogP contribution in [0.15, 0.2) is 23.1 Å². The highest BCUT2D eigenvalue weighted by Crippen LogP contribution is 2.31. The van der Waals surface area contributed by atoms with Crippen LogP contribution in [0.4, 0.5) is 0 Å². The van der Waals surface area contributed by atoms with Crippen LogP contribution in [0.25, 0.3) is 0 Å². The van der Waals surface area contributed by atoms with Gasteiger partial charge in [0.25, 0.3) is 0 Å². The number of benzene rings is 1. The first-order valence-corrected chi connectivity index (χ1v) is 13.1. The topological polar surface area (TPSA) is 76.2 Å². The van der Waals surface area contributed by atoms with Gasteiger partial charge in [0, 0.05) is 38.0 Å². The molecule has 1 atom stereocenters. The molecule has 0 saturated carbocycles. The summed E-state index contributed by atoms with van der Waals surface area (Å²) in [6.07, 6.45) is 6.07. The van der Waals surface area contributed by atoms with E-state index >= 15 is 0 Å². The number of hydrogen-bond acceptors (Lipinski definition) is 5. The molecule has 170 valence electrons. The van der Waals surface area contributed by atoms with Gasteiger partial charge in [0.15, 0.2) is 6.29 Å². The molecule has 1 unspecified atom stereocenters. The highest BCUT2D eigenvalue weighted by Gasteiger charge is 2.37. The Labute approximate surface area is 184 Å². The normalized spacial score (nSPS) is 26.3. The van der Waals surface area contributed by atoms with Gasteiger partial charge >= 0.3 is 0 Å². The number of ether oxygens (including phenoxy) is 2. The predicted molar refractivity (Wildman–Crippen MR) is 115 cm³/mol. The zero-order chi connectivity index (χ0) is 21.4. The maximum atomic E-state index is 13.2. The quantitative estimate of drug-likeness (QED) is 0.706. The Morgan fingerprint density at radius 3 is 2.45 bits per heavy atom. The third-order valence-electron chi connectivity index (χ3n) is 7.31. The maximum absolute atomic E-state index is 13.2. The molecule has 0 aromatic heterocycles. The fourth-order valence-corrected chi connectivity index (χ4v) is 7.06. The van der Waals surface area contributed by atoms with Crippen LogP contribution in [0.5, 0.6) is 0 Å². The minimum Gasteiger partial charge on any atom is -0.350 e. The maximum Gasteiger partial charge on any atom is 0.243 e. The van der Waals surface area contributed by atoms with E-state index in [4.69, 9.17) is 9.47 Å². The van der Waals surface area contributed by atoms with Gasteiger partial charge in [-0.1, -0.05) is 6.07 Å². The van der Waals surface area contributed by atoms with Gasteiger partial charge in [-0.05, 0) is 68.2 Å². The number of carbonyl (C=O) groups is 1. The lowest BCUT2D eigenvalue weighted by Crippen LogP contribution is -2.48. The summed E-state index contributed by atoms with van der Waals surface area (Å²) in [5.41, 5.74) is 2.44. The molecule has 0 spiro atoms. The molecule has 0 radical (unpaired) electrons. The van der Waals surface area contributed by atoms with Crippen LogP contribution in [0.2, 0.25) is 0 Å². The van der Waals surface area contributed by atoms with Crippen molar-refractivity contribution in [3.05, 3.63) is 29.3 Å². The van der Waals surface area contributed by atoms with E-state index in [9.17, 15) is 13.2 Å². The average molecular weight is 449 g/mol. The lowest BCUT2D eigenvalue weighted by atomic mass is 9.92. The standard InChI is InChI=1S/C23H32N2O5S/c26-22(24-10-2-5-20(16-24)23-29-13-14-30-23)18-8-11-25(12-9-18)31(27,28)21-7-6-17-3-1-4-19(17)15-21/h6-7,15,18,20,23H,1-5,8-14,16H2. The van der Waals surface area contributed by atoms with Crippen LogP contribution >= 0.6 is 0 Å². The van der Waals surface area contributed by atoms with Gasteiger partial charge in [0.2, 0.25) is 15.9 Å². The average Bonchev–Trinajstić information content (AvgIpc) is 3.50. The number of aryl methyl sites for hydroxylation is 2. The smallest absolute Gasteiger partial charge is 0.243 e. The first kappa shape index (κ1) is 21.4. The van der Waals surface area contributed by atoms with Crippen LogP contribution in [0, 0.1) is 11.8 Å². The number of carbonyl (C=O) groups excluding carboxylic acids is 1. The van der Waals surface area contributed by atoms with Crippen molar-refractivity contribution >= 4 is 15.9 Å². The van der Waals surface area contributed by atoms with Crippen molar-refractivity contribution in [2.75, 3.05) is 39.4 Å². The summed E-state index contributed by atoms with van der Waals surface area (Å²) in [6.45, 7) is 3.52. The van der Waals surface area contributed by atoms with Crippen LogP contribution in [-0.4, -0.2) is 69.2 Å². The van der Waals surface area contributed by atoms with Gasteiger partial charge in [0.05, 0.1) is 18.1 Å². The highest BCUT2D eigenvalue weighted by atomic mass is 32.2. The van der Waals surface area contributed by atoms with Crippen molar-refractivity contribution in [1.82, 2.24) is 9.21 Å². The first-order valence-electron chi connectivity index (χ1n) is 11.7. The van der Waals surface area contributed by atoms with Gasteiger partial charge in [0.1, 0.15) is 0 Å². The summed E-state index contributed by atoms with van der Waals surface area (Å²) >= 11 is 0. The Morgan fingerprint density at radius 1 is 0.935 bits per heavy atom. The number of piperidine rings is 2. The van der Waals surface area contributed by atoms with Crippen molar-refractivity contribution in [2.24, 2.45) is 11.8 Å². The minimum atomic E-state index is -3.50. The zero-order valence-corrected chi connectivity index (χ0v) is 18.8. The van der Waals surface area contributed by atoms with E-state index in [1.54, 1.807) is 10.4 Å². The molecule has 3 saturated heterocycles. The minimum absolute atomic E-state index is 0.101. The molecule has 1 aliphatic carbocycles. The van der Waals surface area contributed by atoms with Crippen molar-refractivity contribution in [3.63, 3.8) is 0 Å². The third-order valence-corrected chi connectivity index (χ3v) is 9.21. The van der Waals surface area contributed by atoms with E-state index in [0.29, 0.717) is 50.6 Å². The number of fused-ring (bicyclic) bond motifs is 1. The molecule has 31 heavy (non-hydrogen) atoms. The fourth-order valence-electron chi connectivity index (χ4n) is 5.54. The lowest BCUT2D eigenvalue weighted by Gasteiger charge is -2.38. The molecule has 4 aliphatic rings.